The normalized spacial score (nSPS) is 13.0. The molecule has 12 aromatic rings. The van der Waals surface area contributed by atoms with Gasteiger partial charge in [-0.2, -0.15) is 0 Å². The van der Waals surface area contributed by atoms with E-state index in [1.54, 1.807) is 0 Å². The maximum Gasteiger partial charge on any atom is 0.0781 e. The molecule has 1 aliphatic rings. The van der Waals surface area contributed by atoms with Crippen molar-refractivity contribution in [3.63, 3.8) is 0 Å². The van der Waals surface area contributed by atoms with Crippen molar-refractivity contribution in [1.82, 2.24) is 9.55 Å². The van der Waals surface area contributed by atoms with E-state index in [2.05, 4.69) is 272 Å². The van der Waals surface area contributed by atoms with Crippen molar-refractivity contribution in [2.45, 2.75) is 12.3 Å². The summed E-state index contributed by atoms with van der Waals surface area (Å²) in [6.45, 7) is 6.07. The van der Waals surface area contributed by atoms with Gasteiger partial charge in [0, 0.05) is 38.6 Å². The Kier molecular flexibility index (Phi) is 10.4. The molecule has 2 heterocycles. The SMILES string of the molecule is C=C/C=C\C(=C/C)c1ccc2c(c1)C(c1ccccc1)(c1ccccc1)c1cc(N(c3ccc(-c4ccc(-n5c6ccccc6c6ccccc65)cc4)cc3)c3cnc4c(ccc5ccccc54)c3)ccc1-2. The third kappa shape index (κ3) is 6.85. The van der Waals surface area contributed by atoms with E-state index in [1.165, 1.54) is 60.6 Å². The highest BCUT2D eigenvalue weighted by molar-refractivity contribution is 6.09. The number of anilines is 3. The molecule has 0 radical (unpaired) electrons. The first-order valence-corrected chi connectivity index (χ1v) is 24.8. The predicted molar refractivity (Wildman–Crippen MR) is 304 cm³/mol. The minimum absolute atomic E-state index is 0.623. The molecule has 0 fully saturated rings. The molecule has 0 spiro atoms. The maximum atomic E-state index is 5.24. The zero-order chi connectivity index (χ0) is 48.2. The van der Waals surface area contributed by atoms with E-state index in [4.69, 9.17) is 4.98 Å². The van der Waals surface area contributed by atoms with Crippen LogP contribution < -0.4 is 4.90 Å². The Morgan fingerprint density at radius 2 is 1.06 bits per heavy atom. The quantitative estimate of drug-likeness (QED) is 0.101. The van der Waals surface area contributed by atoms with Gasteiger partial charge < -0.3 is 9.47 Å². The number of benzene rings is 10. The number of hydrogen-bond donors (Lipinski definition) is 0. The van der Waals surface area contributed by atoms with Gasteiger partial charge in [-0.15, -0.1) is 0 Å². The minimum atomic E-state index is -0.623. The lowest BCUT2D eigenvalue weighted by Gasteiger charge is -2.35. The molecule has 0 aliphatic heterocycles. The van der Waals surface area contributed by atoms with E-state index in [-0.39, 0.29) is 0 Å². The third-order valence-corrected chi connectivity index (χ3v) is 14.8. The summed E-state index contributed by atoms with van der Waals surface area (Å²) in [7, 11) is 0. The average Bonchev–Trinajstić information content (AvgIpc) is 3.94. The van der Waals surface area contributed by atoms with E-state index in [9.17, 15) is 0 Å². The van der Waals surface area contributed by atoms with Gasteiger partial charge in [0.15, 0.2) is 0 Å². The van der Waals surface area contributed by atoms with Crippen molar-refractivity contribution in [3.8, 4) is 27.9 Å². The predicted octanol–water partition coefficient (Wildman–Crippen LogP) is 18.1. The van der Waals surface area contributed by atoms with Crippen LogP contribution in [0.25, 0.3) is 77.0 Å². The molecule has 0 amide bonds. The smallest absolute Gasteiger partial charge is 0.0781 e. The molecular weight excluding hydrogens is 871 g/mol. The Balaban J connectivity index is 0.974. The average molecular weight is 920 g/mol. The Morgan fingerprint density at radius 3 is 1.71 bits per heavy atom. The van der Waals surface area contributed by atoms with Crippen molar-refractivity contribution in [2.75, 3.05) is 4.90 Å². The number of rotatable bonds is 10. The van der Waals surface area contributed by atoms with Crippen molar-refractivity contribution in [1.29, 1.82) is 0 Å². The van der Waals surface area contributed by atoms with Crippen LogP contribution >= 0.6 is 0 Å². The number of nitrogens with zero attached hydrogens (tertiary/aromatic N) is 3. The van der Waals surface area contributed by atoms with Crippen LogP contribution in [0, 0.1) is 0 Å². The van der Waals surface area contributed by atoms with Crippen LogP contribution in [0.2, 0.25) is 0 Å². The molecule has 0 saturated heterocycles. The van der Waals surface area contributed by atoms with Crippen LogP contribution in [-0.4, -0.2) is 9.55 Å². The van der Waals surface area contributed by atoms with Crippen LogP contribution in [0.1, 0.15) is 34.7 Å². The number of fused-ring (bicyclic) bond motifs is 9. The summed E-state index contributed by atoms with van der Waals surface area (Å²) in [5, 5.41) is 5.93. The Labute approximate surface area is 420 Å². The van der Waals surface area contributed by atoms with Gasteiger partial charge in [-0.1, -0.05) is 207 Å². The minimum Gasteiger partial charge on any atom is -0.309 e. The van der Waals surface area contributed by atoms with Gasteiger partial charge in [-0.05, 0) is 129 Å². The Bertz CT molecular complexity index is 4010. The summed E-state index contributed by atoms with van der Waals surface area (Å²) in [6.07, 6.45) is 10.2. The summed E-state index contributed by atoms with van der Waals surface area (Å²) in [4.78, 5) is 7.62. The van der Waals surface area contributed by atoms with Crippen molar-refractivity contribution < 1.29 is 0 Å². The lowest BCUT2D eigenvalue weighted by molar-refractivity contribution is 0.768. The summed E-state index contributed by atoms with van der Waals surface area (Å²) < 4.78 is 2.37. The second-order valence-electron chi connectivity index (χ2n) is 18.7. The van der Waals surface area contributed by atoms with Crippen LogP contribution in [0.5, 0.6) is 0 Å². The second-order valence-corrected chi connectivity index (χ2v) is 18.7. The Hall–Kier alpha value is -9.31. The molecule has 340 valence electrons. The molecule has 0 N–H and O–H groups in total. The van der Waals surface area contributed by atoms with Crippen molar-refractivity contribution >= 4 is 66.1 Å². The standard InChI is InChI=1S/C69H49N3/c1-3-5-18-47(4-2)51-35-41-60-61-42-40-57(45-65(61)69(64(60)44-51,53-20-8-6-9-21-53)54-22-10-7-11-23-54)71(58-43-52-30-29-50-19-12-13-24-59(50)68(52)70-46-58)55-36-31-48(32-37-55)49-33-38-56(39-34-49)72-66-27-16-14-25-62(66)63-26-15-17-28-67(63)72/h3-46H,1H2,2H3/b18-5-,47-4+. The highest BCUT2D eigenvalue weighted by Crippen LogP contribution is 2.58. The van der Waals surface area contributed by atoms with Gasteiger partial charge in [0.2, 0.25) is 0 Å². The molecule has 0 bridgehead atoms. The van der Waals surface area contributed by atoms with Gasteiger partial charge >= 0.3 is 0 Å². The third-order valence-electron chi connectivity index (χ3n) is 14.8. The molecule has 1 aliphatic carbocycles. The molecule has 0 atom stereocenters. The van der Waals surface area contributed by atoms with Crippen LogP contribution in [-0.2, 0) is 5.41 Å². The summed E-state index contributed by atoms with van der Waals surface area (Å²) in [5.41, 5.74) is 19.0. The van der Waals surface area contributed by atoms with Crippen molar-refractivity contribution in [2.24, 2.45) is 0 Å². The number of allylic oxidation sites excluding steroid dienone is 5. The zero-order valence-corrected chi connectivity index (χ0v) is 40.0. The van der Waals surface area contributed by atoms with Gasteiger partial charge in [-0.3, -0.25) is 4.98 Å². The van der Waals surface area contributed by atoms with E-state index in [1.807, 2.05) is 18.3 Å². The molecule has 3 heteroatoms. The van der Waals surface area contributed by atoms with E-state index in [0.717, 1.165) is 61.3 Å². The number of aromatic nitrogens is 2. The number of para-hydroxylation sites is 2. The van der Waals surface area contributed by atoms with E-state index >= 15 is 0 Å². The molecule has 10 aromatic carbocycles. The van der Waals surface area contributed by atoms with E-state index < -0.39 is 5.41 Å². The fourth-order valence-corrected chi connectivity index (χ4v) is 11.6. The zero-order valence-electron chi connectivity index (χ0n) is 40.0. The molecule has 0 unspecified atom stereocenters. The highest BCUT2D eigenvalue weighted by Gasteiger charge is 2.46. The molecule has 13 rings (SSSR count). The first-order chi connectivity index (χ1) is 35.6. The first-order valence-electron chi connectivity index (χ1n) is 24.8. The van der Waals surface area contributed by atoms with Gasteiger partial charge in [0.25, 0.3) is 0 Å². The highest BCUT2D eigenvalue weighted by atomic mass is 15.1. The summed E-state index contributed by atoms with van der Waals surface area (Å²) in [6, 6.07) is 86.7. The lowest BCUT2D eigenvalue weighted by atomic mass is 9.67. The molecule has 72 heavy (non-hydrogen) atoms. The van der Waals surface area contributed by atoms with Gasteiger partial charge in [0.1, 0.15) is 0 Å². The largest absolute Gasteiger partial charge is 0.309 e. The maximum absolute atomic E-state index is 5.24. The van der Waals surface area contributed by atoms with Crippen molar-refractivity contribution in [3.05, 3.63) is 301 Å². The van der Waals surface area contributed by atoms with Gasteiger partial charge in [-0.25, -0.2) is 0 Å². The molecule has 0 saturated carbocycles. The number of hydrogen-bond acceptors (Lipinski definition) is 2. The first kappa shape index (κ1) is 42.8. The summed E-state index contributed by atoms with van der Waals surface area (Å²) >= 11 is 0. The second kappa shape index (κ2) is 17.6. The number of pyridine rings is 1. The van der Waals surface area contributed by atoms with E-state index in [0.29, 0.717) is 0 Å². The fraction of sp³-hybridized carbons (Fsp3) is 0.0290. The van der Waals surface area contributed by atoms with Gasteiger partial charge in [0.05, 0.1) is 33.8 Å². The lowest BCUT2D eigenvalue weighted by Crippen LogP contribution is -2.29. The topological polar surface area (TPSA) is 21.1 Å². The molecule has 2 aromatic heterocycles. The fourth-order valence-electron chi connectivity index (χ4n) is 11.6. The molecule has 3 nitrogen and oxygen atoms in total. The van der Waals surface area contributed by atoms with Crippen LogP contribution in [0.15, 0.2) is 274 Å². The monoisotopic (exact) mass is 919 g/mol. The van der Waals surface area contributed by atoms with Crippen LogP contribution in [0.4, 0.5) is 17.1 Å². The molecular formula is C69H49N3. The Morgan fingerprint density at radius 1 is 0.500 bits per heavy atom. The van der Waals surface area contributed by atoms with Crippen LogP contribution in [0.3, 0.4) is 0 Å². The summed E-state index contributed by atoms with van der Waals surface area (Å²) in [5.74, 6) is 0.